The Morgan fingerprint density at radius 2 is 1.68 bits per heavy atom. The number of hydrogen-bond donors (Lipinski definition) is 3. The molecule has 3 rings (SSSR count). The lowest BCUT2D eigenvalue weighted by Crippen LogP contribution is -2.24. The van der Waals surface area contributed by atoms with E-state index in [0.29, 0.717) is 22.4 Å². The maximum atomic E-state index is 12.1. The molecule has 0 atom stereocenters. The zero-order valence-corrected chi connectivity index (χ0v) is 16.5. The molecule has 0 aliphatic carbocycles. The molecule has 0 unspecified atom stereocenters. The molecule has 3 aromatic rings. The minimum Gasteiger partial charge on any atom is -0.352 e. The van der Waals surface area contributed by atoms with Gasteiger partial charge in [0.25, 0.3) is 0 Å². The molecule has 0 saturated carbocycles. The SMILES string of the molecule is Cc1cc(C)cc(NC(=O)Nc2nnc(CC(=O)NCc3ccccc3)s2)c1. The predicted octanol–water partition coefficient (Wildman–Crippen LogP) is 3.66. The maximum Gasteiger partial charge on any atom is 0.325 e. The van der Waals surface area contributed by atoms with Crippen molar-refractivity contribution >= 4 is 34.1 Å². The molecule has 3 amide bonds. The number of hydrogen-bond acceptors (Lipinski definition) is 5. The van der Waals surface area contributed by atoms with Crippen LogP contribution in [0.15, 0.2) is 48.5 Å². The highest BCUT2D eigenvalue weighted by Crippen LogP contribution is 2.17. The molecule has 7 nitrogen and oxygen atoms in total. The third-order valence-corrected chi connectivity index (χ3v) is 4.65. The first kappa shape index (κ1) is 19.5. The van der Waals surface area contributed by atoms with Gasteiger partial charge >= 0.3 is 6.03 Å². The molecule has 3 N–H and O–H groups in total. The number of carbonyl (C=O) groups excluding carboxylic acids is 2. The van der Waals surface area contributed by atoms with Crippen molar-refractivity contribution in [1.29, 1.82) is 0 Å². The van der Waals surface area contributed by atoms with Crippen molar-refractivity contribution in [1.82, 2.24) is 15.5 Å². The van der Waals surface area contributed by atoms with Gasteiger partial charge in [-0.3, -0.25) is 10.1 Å². The maximum absolute atomic E-state index is 12.1. The Morgan fingerprint density at radius 3 is 2.39 bits per heavy atom. The zero-order valence-electron chi connectivity index (χ0n) is 15.7. The van der Waals surface area contributed by atoms with Gasteiger partial charge < -0.3 is 10.6 Å². The van der Waals surface area contributed by atoms with Crippen LogP contribution in [0.4, 0.5) is 15.6 Å². The Morgan fingerprint density at radius 1 is 0.964 bits per heavy atom. The molecule has 1 aromatic heterocycles. The first-order valence-electron chi connectivity index (χ1n) is 8.77. The molecule has 28 heavy (non-hydrogen) atoms. The topological polar surface area (TPSA) is 96.0 Å². The Hall–Kier alpha value is -3.26. The lowest BCUT2D eigenvalue weighted by atomic mass is 10.1. The summed E-state index contributed by atoms with van der Waals surface area (Å²) in [5, 5.41) is 17.0. The second-order valence-corrected chi connectivity index (χ2v) is 7.46. The van der Waals surface area contributed by atoms with Crippen LogP contribution in [0.5, 0.6) is 0 Å². The van der Waals surface area contributed by atoms with E-state index in [4.69, 9.17) is 0 Å². The smallest absolute Gasteiger partial charge is 0.325 e. The van der Waals surface area contributed by atoms with Crippen LogP contribution < -0.4 is 16.0 Å². The Bertz CT molecular complexity index is 951. The summed E-state index contributed by atoms with van der Waals surface area (Å²) < 4.78 is 0. The minimum absolute atomic E-state index is 0.116. The summed E-state index contributed by atoms with van der Waals surface area (Å²) >= 11 is 1.17. The van der Waals surface area contributed by atoms with Gasteiger partial charge in [0, 0.05) is 12.2 Å². The molecule has 0 bridgehead atoms. The van der Waals surface area contributed by atoms with Crippen molar-refractivity contribution in [2.75, 3.05) is 10.6 Å². The molecule has 0 saturated heterocycles. The van der Waals surface area contributed by atoms with E-state index >= 15 is 0 Å². The van der Waals surface area contributed by atoms with Crippen molar-refractivity contribution in [3.63, 3.8) is 0 Å². The number of rotatable bonds is 6. The van der Waals surface area contributed by atoms with Gasteiger partial charge in [0.2, 0.25) is 11.0 Å². The number of anilines is 2. The third-order valence-electron chi connectivity index (χ3n) is 3.81. The molecular weight excluding hydrogens is 374 g/mol. The Balaban J connectivity index is 1.49. The van der Waals surface area contributed by atoms with Crippen LogP contribution in [0.25, 0.3) is 0 Å². The number of nitrogens with zero attached hydrogens (tertiary/aromatic N) is 2. The highest BCUT2D eigenvalue weighted by molar-refractivity contribution is 7.15. The molecule has 0 aliphatic rings. The monoisotopic (exact) mass is 395 g/mol. The molecule has 0 aliphatic heterocycles. The van der Waals surface area contributed by atoms with Crippen molar-refractivity contribution < 1.29 is 9.59 Å². The van der Waals surface area contributed by atoms with Crippen LogP contribution in [0, 0.1) is 13.8 Å². The summed E-state index contributed by atoms with van der Waals surface area (Å²) in [6.45, 7) is 4.40. The number of aromatic nitrogens is 2. The van der Waals surface area contributed by atoms with Gasteiger partial charge in [0.05, 0.1) is 6.42 Å². The van der Waals surface area contributed by atoms with Crippen molar-refractivity contribution in [2.45, 2.75) is 26.8 Å². The highest BCUT2D eigenvalue weighted by Gasteiger charge is 2.12. The molecular formula is C20H21N5O2S. The largest absolute Gasteiger partial charge is 0.352 e. The molecule has 144 valence electrons. The molecule has 0 radical (unpaired) electrons. The summed E-state index contributed by atoms with van der Waals surface area (Å²) in [6, 6.07) is 15.1. The summed E-state index contributed by atoms with van der Waals surface area (Å²) in [7, 11) is 0. The number of amides is 3. The second-order valence-electron chi connectivity index (χ2n) is 6.40. The van der Waals surface area contributed by atoms with E-state index in [1.165, 1.54) is 11.3 Å². The standard InChI is InChI=1S/C20H21N5O2S/c1-13-8-14(2)10-16(9-13)22-19(27)23-20-25-24-18(28-20)11-17(26)21-12-15-6-4-3-5-7-15/h3-10H,11-12H2,1-2H3,(H,21,26)(H2,22,23,25,27). The molecule has 1 heterocycles. The number of carbonyl (C=O) groups is 2. The summed E-state index contributed by atoms with van der Waals surface area (Å²) in [5.74, 6) is -0.147. The molecule has 0 spiro atoms. The fourth-order valence-electron chi connectivity index (χ4n) is 2.68. The highest BCUT2D eigenvalue weighted by atomic mass is 32.1. The van der Waals surface area contributed by atoms with E-state index < -0.39 is 6.03 Å². The zero-order chi connectivity index (χ0) is 19.9. The van der Waals surface area contributed by atoms with Crippen molar-refractivity contribution in [3.05, 3.63) is 70.2 Å². The predicted molar refractivity (Wildman–Crippen MR) is 110 cm³/mol. The van der Waals surface area contributed by atoms with E-state index in [-0.39, 0.29) is 12.3 Å². The van der Waals surface area contributed by atoms with Gasteiger partial charge in [0.1, 0.15) is 5.01 Å². The number of aryl methyl sites for hydroxylation is 2. The van der Waals surface area contributed by atoms with Gasteiger partial charge in [0.15, 0.2) is 0 Å². The van der Waals surface area contributed by atoms with E-state index in [9.17, 15) is 9.59 Å². The van der Waals surface area contributed by atoms with Crippen LogP contribution in [0.1, 0.15) is 21.7 Å². The molecule has 0 fully saturated rings. The van der Waals surface area contributed by atoms with Gasteiger partial charge in [-0.25, -0.2) is 4.79 Å². The number of urea groups is 1. The molecule has 8 heteroatoms. The Labute approximate surface area is 167 Å². The minimum atomic E-state index is -0.402. The summed E-state index contributed by atoms with van der Waals surface area (Å²) in [6.07, 6.45) is 0.116. The first-order chi connectivity index (χ1) is 13.5. The van der Waals surface area contributed by atoms with Crippen LogP contribution in [-0.4, -0.2) is 22.1 Å². The lowest BCUT2D eigenvalue weighted by Gasteiger charge is -2.07. The lowest BCUT2D eigenvalue weighted by molar-refractivity contribution is -0.120. The van der Waals surface area contributed by atoms with Crippen LogP contribution >= 0.6 is 11.3 Å². The third kappa shape index (κ3) is 5.88. The second kappa shape index (κ2) is 9.09. The van der Waals surface area contributed by atoms with Crippen LogP contribution in [-0.2, 0) is 17.8 Å². The quantitative estimate of drug-likeness (QED) is 0.593. The van der Waals surface area contributed by atoms with Gasteiger partial charge in [-0.2, -0.15) is 0 Å². The summed E-state index contributed by atoms with van der Waals surface area (Å²) in [5.41, 5.74) is 3.86. The fourth-order valence-corrected chi connectivity index (χ4v) is 3.41. The molecule has 2 aromatic carbocycles. The first-order valence-corrected chi connectivity index (χ1v) is 9.59. The van der Waals surface area contributed by atoms with E-state index in [2.05, 4.69) is 26.1 Å². The van der Waals surface area contributed by atoms with Crippen molar-refractivity contribution in [2.24, 2.45) is 0 Å². The van der Waals surface area contributed by atoms with Crippen LogP contribution in [0.3, 0.4) is 0 Å². The van der Waals surface area contributed by atoms with E-state index in [0.717, 1.165) is 16.7 Å². The van der Waals surface area contributed by atoms with Crippen molar-refractivity contribution in [3.8, 4) is 0 Å². The van der Waals surface area contributed by atoms with Gasteiger partial charge in [-0.15, -0.1) is 10.2 Å². The number of nitrogens with one attached hydrogen (secondary N) is 3. The van der Waals surface area contributed by atoms with E-state index in [1.54, 1.807) is 0 Å². The average Bonchev–Trinajstić information content (AvgIpc) is 3.06. The fraction of sp³-hybridized carbons (Fsp3) is 0.200. The number of benzene rings is 2. The average molecular weight is 395 g/mol. The Kier molecular flexibility index (Phi) is 6.33. The van der Waals surface area contributed by atoms with Gasteiger partial charge in [-0.1, -0.05) is 47.7 Å². The van der Waals surface area contributed by atoms with E-state index in [1.807, 2.05) is 62.4 Å². The summed E-state index contributed by atoms with van der Waals surface area (Å²) in [4.78, 5) is 24.2. The normalized spacial score (nSPS) is 10.4. The van der Waals surface area contributed by atoms with Gasteiger partial charge in [-0.05, 0) is 42.7 Å². The van der Waals surface area contributed by atoms with Crippen LogP contribution in [0.2, 0.25) is 0 Å².